The number of aliphatic hydroxyl groups excluding tert-OH is 1. The average molecular weight is 302 g/mol. The minimum absolute atomic E-state index is 0.0281. The van der Waals surface area contributed by atoms with Crippen LogP contribution in [-0.4, -0.2) is 44.1 Å². The summed E-state index contributed by atoms with van der Waals surface area (Å²) in [5, 5.41) is 17.7. The van der Waals surface area contributed by atoms with Gasteiger partial charge in [0.2, 0.25) is 0 Å². The third-order valence-corrected chi connectivity index (χ3v) is 4.63. The van der Waals surface area contributed by atoms with Crippen molar-refractivity contribution in [2.24, 2.45) is 0 Å². The highest BCUT2D eigenvalue weighted by molar-refractivity contribution is 7.91. The number of carboxylic acid groups (broad SMARTS) is 1. The van der Waals surface area contributed by atoms with Crippen LogP contribution in [0.1, 0.15) is 29.6 Å². The number of methoxy groups -OCH3 is 1. The van der Waals surface area contributed by atoms with Crippen LogP contribution in [0.25, 0.3) is 0 Å². The van der Waals surface area contributed by atoms with Crippen molar-refractivity contribution in [3.63, 3.8) is 0 Å². The van der Waals surface area contributed by atoms with Crippen molar-refractivity contribution in [1.29, 1.82) is 0 Å². The molecule has 0 aromatic heterocycles. The van der Waals surface area contributed by atoms with Crippen molar-refractivity contribution in [3.05, 3.63) is 23.8 Å². The first-order valence-electron chi connectivity index (χ1n) is 6.17. The molecule has 1 aromatic carbocycles. The van der Waals surface area contributed by atoms with Gasteiger partial charge in [-0.2, -0.15) is 0 Å². The predicted octanol–water partition coefficient (Wildman–Crippen LogP) is 1.33. The summed E-state index contributed by atoms with van der Waals surface area (Å²) < 4.78 is 29.0. The van der Waals surface area contributed by atoms with Crippen molar-refractivity contribution in [3.8, 4) is 5.75 Å². The maximum absolute atomic E-state index is 12.1. The molecule has 6 nitrogen and oxygen atoms in total. The monoisotopic (exact) mass is 302 g/mol. The summed E-state index contributed by atoms with van der Waals surface area (Å²) in [7, 11) is -2.20. The minimum atomic E-state index is -3.52. The SMILES string of the molecule is COc1ccc(S(=O)(=O)CCCCCO)cc1C(=O)O. The molecule has 0 radical (unpaired) electrons. The zero-order valence-corrected chi connectivity index (χ0v) is 12.0. The van der Waals surface area contributed by atoms with Crippen LogP contribution in [-0.2, 0) is 9.84 Å². The maximum atomic E-state index is 12.1. The number of ether oxygens (including phenoxy) is 1. The normalized spacial score (nSPS) is 11.3. The Balaban J connectivity index is 2.95. The van der Waals surface area contributed by atoms with E-state index in [0.717, 1.165) is 6.07 Å². The summed E-state index contributed by atoms with van der Waals surface area (Å²) in [5.41, 5.74) is -0.177. The van der Waals surface area contributed by atoms with E-state index in [4.69, 9.17) is 14.9 Å². The summed E-state index contributed by atoms with van der Waals surface area (Å²) in [6.07, 6.45) is 1.59. The second-order valence-corrected chi connectivity index (χ2v) is 6.38. The molecule has 1 rings (SSSR count). The van der Waals surface area contributed by atoms with Gasteiger partial charge in [0.25, 0.3) is 0 Å². The molecular weight excluding hydrogens is 284 g/mol. The van der Waals surface area contributed by atoms with Crippen molar-refractivity contribution in [1.82, 2.24) is 0 Å². The smallest absolute Gasteiger partial charge is 0.339 e. The molecule has 0 aliphatic heterocycles. The summed E-state index contributed by atoms with van der Waals surface area (Å²) in [6.45, 7) is 0.0335. The summed E-state index contributed by atoms with van der Waals surface area (Å²) >= 11 is 0. The molecule has 0 aliphatic rings. The Morgan fingerprint density at radius 1 is 1.25 bits per heavy atom. The van der Waals surface area contributed by atoms with Gasteiger partial charge < -0.3 is 14.9 Å². The van der Waals surface area contributed by atoms with Gasteiger partial charge in [-0.3, -0.25) is 0 Å². The first-order valence-corrected chi connectivity index (χ1v) is 7.82. The molecule has 0 saturated heterocycles. The molecule has 1 aromatic rings. The second-order valence-electron chi connectivity index (χ2n) is 4.27. The number of carboxylic acids is 1. The Hall–Kier alpha value is -1.60. The highest BCUT2D eigenvalue weighted by Gasteiger charge is 2.19. The average Bonchev–Trinajstić information content (AvgIpc) is 2.42. The van der Waals surface area contributed by atoms with E-state index in [1.54, 1.807) is 0 Å². The molecule has 7 heteroatoms. The highest BCUT2D eigenvalue weighted by Crippen LogP contribution is 2.23. The molecule has 2 N–H and O–H groups in total. The first kappa shape index (κ1) is 16.5. The van der Waals surface area contributed by atoms with Gasteiger partial charge in [-0.1, -0.05) is 6.42 Å². The first-order chi connectivity index (χ1) is 9.42. The van der Waals surface area contributed by atoms with E-state index in [9.17, 15) is 13.2 Å². The van der Waals surface area contributed by atoms with E-state index in [0.29, 0.717) is 19.3 Å². The number of hydrogen-bond acceptors (Lipinski definition) is 5. The number of aromatic carboxylic acids is 1. The van der Waals surface area contributed by atoms with E-state index in [-0.39, 0.29) is 28.6 Å². The van der Waals surface area contributed by atoms with E-state index in [2.05, 4.69) is 0 Å². The summed E-state index contributed by atoms with van der Waals surface area (Å²) in [4.78, 5) is 11.0. The summed E-state index contributed by atoms with van der Waals surface area (Å²) in [6, 6.07) is 3.79. The molecule has 0 atom stereocenters. The van der Waals surface area contributed by atoms with Crippen molar-refractivity contribution >= 4 is 15.8 Å². The Morgan fingerprint density at radius 2 is 1.95 bits per heavy atom. The van der Waals surface area contributed by atoms with Gasteiger partial charge >= 0.3 is 5.97 Å². The lowest BCUT2D eigenvalue weighted by molar-refractivity contribution is 0.0693. The van der Waals surface area contributed by atoms with E-state index < -0.39 is 15.8 Å². The molecule has 0 fully saturated rings. The third-order valence-electron chi connectivity index (χ3n) is 2.83. The third kappa shape index (κ3) is 4.21. The molecular formula is C13H18O6S. The fraction of sp³-hybridized carbons (Fsp3) is 0.462. The van der Waals surface area contributed by atoms with Crippen LogP contribution >= 0.6 is 0 Å². The van der Waals surface area contributed by atoms with E-state index in [1.807, 2.05) is 0 Å². The number of unbranched alkanes of at least 4 members (excludes halogenated alkanes) is 2. The molecule has 0 saturated carbocycles. The number of benzene rings is 1. The topological polar surface area (TPSA) is 101 Å². The van der Waals surface area contributed by atoms with Crippen LogP contribution in [0.4, 0.5) is 0 Å². The molecule has 0 heterocycles. The predicted molar refractivity (Wildman–Crippen MR) is 72.9 cm³/mol. The van der Waals surface area contributed by atoms with Crippen LogP contribution in [0.15, 0.2) is 23.1 Å². The zero-order valence-electron chi connectivity index (χ0n) is 11.2. The van der Waals surface area contributed by atoms with Crippen molar-refractivity contribution in [2.75, 3.05) is 19.5 Å². The highest BCUT2D eigenvalue weighted by atomic mass is 32.2. The number of aliphatic hydroxyl groups is 1. The fourth-order valence-electron chi connectivity index (χ4n) is 1.75. The van der Waals surface area contributed by atoms with Crippen LogP contribution in [0.2, 0.25) is 0 Å². The van der Waals surface area contributed by atoms with Crippen LogP contribution in [0.3, 0.4) is 0 Å². The maximum Gasteiger partial charge on any atom is 0.339 e. The van der Waals surface area contributed by atoms with Gasteiger partial charge in [0.1, 0.15) is 11.3 Å². The molecule has 112 valence electrons. The van der Waals surface area contributed by atoms with Gasteiger partial charge in [0.05, 0.1) is 17.8 Å². The lowest BCUT2D eigenvalue weighted by Crippen LogP contribution is -2.09. The zero-order chi connectivity index (χ0) is 15.2. The molecule has 0 aliphatic carbocycles. The van der Waals surface area contributed by atoms with Crippen LogP contribution in [0, 0.1) is 0 Å². The van der Waals surface area contributed by atoms with Crippen molar-refractivity contribution < 1.29 is 28.2 Å². The largest absolute Gasteiger partial charge is 0.496 e. The molecule has 0 amide bonds. The molecule has 0 unspecified atom stereocenters. The lowest BCUT2D eigenvalue weighted by Gasteiger charge is -2.08. The van der Waals surface area contributed by atoms with Crippen LogP contribution in [0.5, 0.6) is 5.75 Å². The van der Waals surface area contributed by atoms with Gasteiger partial charge in [-0.25, -0.2) is 13.2 Å². The van der Waals surface area contributed by atoms with E-state index in [1.165, 1.54) is 19.2 Å². The Kier molecular flexibility index (Phi) is 5.97. The minimum Gasteiger partial charge on any atom is -0.496 e. The van der Waals surface area contributed by atoms with Gasteiger partial charge in [-0.15, -0.1) is 0 Å². The summed E-state index contributed by atoms with van der Waals surface area (Å²) in [5.74, 6) is -1.19. The molecule has 20 heavy (non-hydrogen) atoms. The molecule has 0 spiro atoms. The van der Waals surface area contributed by atoms with Crippen molar-refractivity contribution in [2.45, 2.75) is 24.2 Å². The van der Waals surface area contributed by atoms with E-state index >= 15 is 0 Å². The molecule has 0 bridgehead atoms. The number of rotatable bonds is 8. The standard InChI is InChI=1S/C13H18O6S/c1-19-12-6-5-10(9-11(12)13(15)16)20(17,18)8-4-2-3-7-14/h5-6,9,14H,2-4,7-8H2,1H3,(H,15,16). The van der Waals surface area contributed by atoms with Gasteiger partial charge in [0, 0.05) is 6.61 Å². The number of carbonyl (C=O) groups is 1. The Morgan fingerprint density at radius 3 is 2.50 bits per heavy atom. The number of hydrogen-bond donors (Lipinski definition) is 2. The van der Waals surface area contributed by atoms with Gasteiger partial charge in [-0.05, 0) is 31.0 Å². The van der Waals surface area contributed by atoms with Crippen LogP contribution < -0.4 is 4.74 Å². The fourth-order valence-corrected chi connectivity index (χ4v) is 3.14. The number of sulfone groups is 1. The van der Waals surface area contributed by atoms with Gasteiger partial charge in [0.15, 0.2) is 9.84 Å². The quantitative estimate of drug-likeness (QED) is 0.703. The Labute approximate surface area is 117 Å². The lowest BCUT2D eigenvalue weighted by atomic mass is 10.2. The second kappa shape index (κ2) is 7.25. The Bertz CT molecular complexity index is 564.